The molecule has 0 aliphatic carbocycles. The predicted molar refractivity (Wildman–Crippen MR) is 62.1 cm³/mol. The lowest BCUT2D eigenvalue weighted by molar-refractivity contribution is -0.173. The lowest BCUT2D eigenvalue weighted by atomic mass is 10.2. The Labute approximate surface area is 104 Å². The normalized spacial score (nSPS) is 13.6. The van der Waals surface area contributed by atoms with Crippen molar-refractivity contribution in [2.75, 3.05) is 19.8 Å². The minimum absolute atomic E-state index is 0.0776. The van der Waals surface area contributed by atoms with Crippen LogP contribution in [-0.4, -0.2) is 30.9 Å². The average Bonchev–Trinajstić information content (AvgIpc) is 2.33. The second kappa shape index (κ2) is 7.33. The number of pyridine rings is 1. The number of nitrogens with zero attached hydrogens (tertiary/aromatic N) is 1. The lowest BCUT2D eigenvalue weighted by Gasteiger charge is -2.13. The number of ether oxygens (including phenoxy) is 1. The van der Waals surface area contributed by atoms with Crippen LogP contribution in [0.25, 0.3) is 0 Å². The lowest BCUT2D eigenvalue weighted by Crippen LogP contribution is -2.23. The third-order valence-electron chi connectivity index (χ3n) is 2.31. The highest BCUT2D eigenvalue weighted by atomic mass is 19.4. The van der Waals surface area contributed by atoms with Crippen LogP contribution in [0.5, 0.6) is 0 Å². The molecule has 0 radical (unpaired) electrons. The first kappa shape index (κ1) is 14.9. The Hall–Kier alpha value is -1.14. The Kier molecular flexibility index (Phi) is 6.07. The summed E-state index contributed by atoms with van der Waals surface area (Å²) in [6.45, 7) is 1.47. The van der Waals surface area contributed by atoms with E-state index in [-0.39, 0.29) is 12.6 Å². The van der Waals surface area contributed by atoms with Gasteiger partial charge in [0.1, 0.15) is 6.61 Å². The maximum absolute atomic E-state index is 11.8. The van der Waals surface area contributed by atoms with E-state index in [1.807, 2.05) is 25.1 Å². The fourth-order valence-corrected chi connectivity index (χ4v) is 1.42. The second-order valence-corrected chi connectivity index (χ2v) is 3.95. The molecule has 1 aromatic heterocycles. The molecule has 0 amide bonds. The van der Waals surface area contributed by atoms with E-state index in [1.165, 1.54) is 0 Å². The highest BCUT2D eigenvalue weighted by Crippen LogP contribution is 2.14. The van der Waals surface area contributed by atoms with Gasteiger partial charge in [-0.05, 0) is 32.0 Å². The number of hydrogen-bond acceptors (Lipinski definition) is 3. The first-order valence-electron chi connectivity index (χ1n) is 5.78. The summed E-state index contributed by atoms with van der Waals surface area (Å²) in [5.74, 6) is 0. The summed E-state index contributed by atoms with van der Waals surface area (Å²) in [7, 11) is 0. The Bertz CT molecular complexity index is 330. The maximum atomic E-state index is 11.8. The van der Waals surface area contributed by atoms with Crippen molar-refractivity contribution in [3.8, 4) is 0 Å². The fourth-order valence-electron chi connectivity index (χ4n) is 1.42. The molecule has 1 rings (SSSR count). The van der Waals surface area contributed by atoms with E-state index < -0.39 is 12.8 Å². The number of halogens is 3. The zero-order chi connectivity index (χ0) is 13.4. The third-order valence-corrected chi connectivity index (χ3v) is 2.31. The van der Waals surface area contributed by atoms with Crippen molar-refractivity contribution in [3.63, 3.8) is 0 Å². The number of hydrogen-bond donors (Lipinski definition) is 1. The van der Waals surface area contributed by atoms with Crippen molar-refractivity contribution < 1.29 is 17.9 Å². The van der Waals surface area contributed by atoms with Crippen LogP contribution in [0.1, 0.15) is 25.1 Å². The van der Waals surface area contributed by atoms with Crippen LogP contribution in [0.4, 0.5) is 13.2 Å². The molecule has 1 atom stereocenters. The molecule has 3 nitrogen and oxygen atoms in total. The number of aromatic nitrogens is 1. The Morgan fingerprint density at radius 3 is 2.78 bits per heavy atom. The predicted octanol–water partition coefficient (Wildman–Crippen LogP) is 2.70. The summed E-state index contributed by atoms with van der Waals surface area (Å²) < 4.78 is 39.8. The standard InChI is InChI=1S/C12H17F3N2O/c1-10(11-5-2-3-6-17-11)16-7-4-8-18-9-12(13,14)15/h2-3,5-6,10,16H,4,7-9H2,1H3/t10-/m1/s1. The summed E-state index contributed by atoms with van der Waals surface area (Å²) in [6.07, 6.45) is -2.00. The fraction of sp³-hybridized carbons (Fsp3) is 0.583. The van der Waals surface area contributed by atoms with E-state index in [0.29, 0.717) is 13.0 Å². The smallest absolute Gasteiger partial charge is 0.372 e. The number of nitrogens with one attached hydrogen (secondary N) is 1. The van der Waals surface area contributed by atoms with Crippen LogP contribution in [0, 0.1) is 0 Å². The molecule has 18 heavy (non-hydrogen) atoms. The molecule has 1 heterocycles. The molecule has 1 aromatic rings. The van der Waals surface area contributed by atoms with Crippen molar-refractivity contribution in [1.29, 1.82) is 0 Å². The van der Waals surface area contributed by atoms with Gasteiger partial charge in [-0.2, -0.15) is 13.2 Å². The molecule has 0 aromatic carbocycles. The molecule has 0 unspecified atom stereocenters. The molecule has 0 spiro atoms. The molecule has 0 saturated heterocycles. The summed E-state index contributed by atoms with van der Waals surface area (Å²) in [4.78, 5) is 4.18. The molecule has 6 heteroatoms. The van der Waals surface area contributed by atoms with E-state index in [9.17, 15) is 13.2 Å². The van der Waals surface area contributed by atoms with E-state index in [0.717, 1.165) is 5.69 Å². The summed E-state index contributed by atoms with van der Waals surface area (Å²) in [6, 6.07) is 5.71. The monoisotopic (exact) mass is 262 g/mol. The van der Waals surface area contributed by atoms with Gasteiger partial charge in [0, 0.05) is 18.8 Å². The van der Waals surface area contributed by atoms with Gasteiger partial charge in [0.2, 0.25) is 0 Å². The van der Waals surface area contributed by atoms with Crippen LogP contribution < -0.4 is 5.32 Å². The number of rotatable bonds is 7. The van der Waals surface area contributed by atoms with Gasteiger partial charge in [0.25, 0.3) is 0 Å². The molecule has 0 aliphatic heterocycles. The maximum Gasteiger partial charge on any atom is 0.411 e. The first-order valence-corrected chi connectivity index (χ1v) is 5.78. The molecule has 1 N–H and O–H groups in total. The van der Waals surface area contributed by atoms with Crippen LogP contribution in [0.15, 0.2) is 24.4 Å². The highest BCUT2D eigenvalue weighted by Gasteiger charge is 2.27. The SMILES string of the molecule is C[C@@H](NCCCOCC(F)(F)F)c1ccccn1. The van der Waals surface area contributed by atoms with Gasteiger partial charge in [-0.25, -0.2) is 0 Å². The van der Waals surface area contributed by atoms with Crippen molar-refractivity contribution in [2.45, 2.75) is 25.6 Å². The van der Waals surface area contributed by atoms with Crippen molar-refractivity contribution >= 4 is 0 Å². The second-order valence-electron chi connectivity index (χ2n) is 3.95. The molecule has 0 aliphatic rings. The highest BCUT2D eigenvalue weighted by molar-refractivity contribution is 5.07. The van der Waals surface area contributed by atoms with Gasteiger partial charge in [-0.3, -0.25) is 4.98 Å². The van der Waals surface area contributed by atoms with Crippen LogP contribution >= 0.6 is 0 Å². The first-order chi connectivity index (χ1) is 8.49. The van der Waals surface area contributed by atoms with Gasteiger partial charge in [-0.1, -0.05) is 6.07 Å². The Morgan fingerprint density at radius 2 is 2.17 bits per heavy atom. The van der Waals surface area contributed by atoms with Gasteiger partial charge in [0.05, 0.1) is 5.69 Å². The van der Waals surface area contributed by atoms with Crippen molar-refractivity contribution in [1.82, 2.24) is 10.3 Å². The molecular formula is C12H17F3N2O. The van der Waals surface area contributed by atoms with Gasteiger partial charge < -0.3 is 10.1 Å². The van der Waals surface area contributed by atoms with Crippen LogP contribution in [-0.2, 0) is 4.74 Å². The number of alkyl halides is 3. The topological polar surface area (TPSA) is 34.1 Å². The quantitative estimate of drug-likeness (QED) is 0.767. The molecule has 0 saturated carbocycles. The van der Waals surface area contributed by atoms with E-state index in [4.69, 9.17) is 0 Å². The minimum atomic E-state index is -4.24. The summed E-state index contributed by atoms with van der Waals surface area (Å²) in [5, 5.41) is 3.17. The zero-order valence-electron chi connectivity index (χ0n) is 10.2. The molecule has 0 fully saturated rings. The van der Waals surface area contributed by atoms with Gasteiger partial charge >= 0.3 is 6.18 Å². The van der Waals surface area contributed by atoms with Gasteiger partial charge in [0.15, 0.2) is 0 Å². The summed E-state index contributed by atoms with van der Waals surface area (Å²) >= 11 is 0. The van der Waals surface area contributed by atoms with E-state index >= 15 is 0 Å². The average molecular weight is 262 g/mol. The van der Waals surface area contributed by atoms with Crippen molar-refractivity contribution in [2.24, 2.45) is 0 Å². The van der Waals surface area contributed by atoms with Crippen molar-refractivity contribution in [3.05, 3.63) is 30.1 Å². The van der Waals surface area contributed by atoms with E-state index in [1.54, 1.807) is 6.20 Å². The Balaban J connectivity index is 2.08. The summed E-state index contributed by atoms with van der Waals surface area (Å²) in [5.41, 5.74) is 0.911. The minimum Gasteiger partial charge on any atom is -0.372 e. The van der Waals surface area contributed by atoms with Gasteiger partial charge in [-0.15, -0.1) is 0 Å². The van der Waals surface area contributed by atoms with Crippen LogP contribution in [0.2, 0.25) is 0 Å². The molecule has 102 valence electrons. The largest absolute Gasteiger partial charge is 0.411 e. The molecular weight excluding hydrogens is 245 g/mol. The third kappa shape index (κ3) is 6.56. The Morgan fingerprint density at radius 1 is 1.39 bits per heavy atom. The molecule has 0 bridgehead atoms. The van der Waals surface area contributed by atoms with Crippen LogP contribution in [0.3, 0.4) is 0 Å². The van der Waals surface area contributed by atoms with E-state index in [2.05, 4.69) is 15.0 Å². The zero-order valence-corrected chi connectivity index (χ0v) is 10.2.